The number of nitrogens with zero attached hydrogens (tertiary/aromatic N) is 1. The molecule has 2 aromatic carbocycles. The van der Waals surface area contributed by atoms with Gasteiger partial charge in [0.1, 0.15) is 29.7 Å². The molecule has 1 aliphatic rings. The smallest absolute Gasteiger partial charge is 0.334 e. The highest BCUT2D eigenvalue weighted by molar-refractivity contribution is 5.51. The number of benzene rings is 2. The molecule has 0 saturated carbocycles. The summed E-state index contributed by atoms with van der Waals surface area (Å²) in [6.07, 6.45) is 0. The predicted molar refractivity (Wildman–Crippen MR) is 107 cm³/mol. The molecule has 1 aromatic heterocycles. The van der Waals surface area contributed by atoms with Gasteiger partial charge < -0.3 is 15.0 Å². The molecule has 144 valence electrons. The van der Waals surface area contributed by atoms with Crippen molar-refractivity contribution in [2.24, 2.45) is 0 Å². The summed E-state index contributed by atoms with van der Waals surface area (Å²) in [4.78, 5) is 28.7. The van der Waals surface area contributed by atoms with Crippen LogP contribution >= 0.6 is 0 Å². The van der Waals surface area contributed by atoms with Gasteiger partial charge in [0, 0.05) is 5.56 Å². The molecule has 0 fully saturated rings. The lowest BCUT2D eigenvalue weighted by Crippen LogP contribution is -3.12. The molecule has 1 aliphatic heterocycles. The summed E-state index contributed by atoms with van der Waals surface area (Å²) in [6.45, 7) is 3.29. The lowest BCUT2D eigenvalue weighted by Gasteiger charge is -2.32. The van der Waals surface area contributed by atoms with Gasteiger partial charge in [-0.05, 0) is 31.2 Å². The first-order valence-electron chi connectivity index (χ1n) is 9.24. The quantitative estimate of drug-likeness (QED) is 0.633. The monoisotopic (exact) mass is 379 g/mol. The van der Waals surface area contributed by atoms with Gasteiger partial charge in [0.2, 0.25) is 0 Å². The molecule has 28 heavy (non-hydrogen) atoms. The molecule has 0 aliphatic carbocycles. The van der Waals surface area contributed by atoms with Gasteiger partial charge in [-0.1, -0.05) is 30.3 Å². The molecule has 0 spiro atoms. The molecule has 7 heteroatoms. The standard InChI is InChI=1S/C21H22N4O3/c1-14(15-6-4-3-5-7-15)24-12-18-19(22-13-24)25(21(27)23-20(18)26)16-8-10-17(28-2)11-9-16/h3-11,14,22H,12-13H2,1-2H3,(H,23,26,27)/p+1/t14-/m1/s1. The van der Waals surface area contributed by atoms with Crippen LogP contribution < -0.4 is 26.2 Å². The summed E-state index contributed by atoms with van der Waals surface area (Å²) < 4.78 is 6.70. The Balaban J connectivity index is 1.72. The Labute approximate surface area is 162 Å². The fourth-order valence-corrected chi connectivity index (χ4v) is 3.67. The highest BCUT2D eigenvalue weighted by atomic mass is 16.5. The van der Waals surface area contributed by atoms with Crippen LogP contribution in [0, 0.1) is 0 Å². The molecule has 0 radical (unpaired) electrons. The van der Waals surface area contributed by atoms with E-state index in [-0.39, 0.29) is 11.6 Å². The molecular formula is C21H23N4O3+. The van der Waals surface area contributed by atoms with E-state index in [1.54, 1.807) is 31.4 Å². The van der Waals surface area contributed by atoms with Crippen LogP contribution in [0.2, 0.25) is 0 Å². The van der Waals surface area contributed by atoms with E-state index >= 15 is 0 Å². The summed E-state index contributed by atoms with van der Waals surface area (Å²) in [7, 11) is 1.59. The SMILES string of the molecule is COc1ccc(-n2c3c(c(=O)[nH]c2=O)C[NH+]([C@H](C)c2ccccc2)CN3)cc1. The Morgan fingerprint density at radius 3 is 2.46 bits per heavy atom. The lowest BCUT2D eigenvalue weighted by atomic mass is 10.1. The molecule has 2 atom stereocenters. The van der Waals surface area contributed by atoms with Crippen molar-refractivity contribution in [3.63, 3.8) is 0 Å². The van der Waals surface area contributed by atoms with Gasteiger partial charge in [0.15, 0.2) is 6.67 Å². The van der Waals surface area contributed by atoms with E-state index in [1.807, 2.05) is 18.2 Å². The molecular weight excluding hydrogens is 356 g/mol. The summed E-state index contributed by atoms with van der Waals surface area (Å²) in [5.41, 5.74) is 1.67. The van der Waals surface area contributed by atoms with Crippen LogP contribution in [0.3, 0.4) is 0 Å². The average molecular weight is 379 g/mol. The molecule has 3 N–H and O–H groups in total. The van der Waals surface area contributed by atoms with Gasteiger partial charge in [0.05, 0.1) is 12.8 Å². The van der Waals surface area contributed by atoms with Crippen LogP contribution in [-0.2, 0) is 6.54 Å². The van der Waals surface area contributed by atoms with Gasteiger partial charge in [-0.25, -0.2) is 9.36 Å². The van der Waals surface area contributed by atoms with E-state index in [0.717, 1.165) is 0 Å². The van der Waals surface area contributed by atoms with E-state index in [2.05, 4.69) is 29.4 Å². The highest BCUT2D eigenvalue weighted by Crippen LogP contribution is 2.20. The first kappa shape index (κ1) is 18.1. The van der Waals surface area contributed by atoms with E-state index < -0.39 is 5.69 Å². The zero-order chi connectivity index (χ0) is 19.7. The number of H-pyrrole nitrogens is 1. The molecule has 2 heterocycles. The molecule has 0 bridgehead atoms. The second kappa shape index (κ2) is 7.36. The lowest BCUT2D eigenvalue weighted by molar-refractivity contribution is -0.941. The third-order valence-corrected chi connectivity index (χ3v) is 5.34. The number of aromatic amines is 1. The Hall–Kier alpha value is -3.32. The number of aromatic nitrogens is 2. The number of ether oxygens (including phenoxy) is 1. The molecule has 7 nitrogen and oxygen atoms in total. The van der Waals surface area contributed by atoms with E-state index in [1.165, 1.54) is 15.0 Å². The number of methoxy groups -OCH3 is 1. The summed E-state index contributed by atoms with van der Waals surface area (Å²) in [5.74, 6) is 1.26. The fraction of sp³-hybridized carbons (Fsp3) is 0.238. The van der Waals surface area contributed by atoms with E-state index in [4.69, 9.17) is 4.74 Å². The zero-order valence-electron chi connectivity index (χ0n) is 15.9. The van der Waals surface area contributed by atoms with Crippen molar-refractivity contribution in [1.82, 2.24) is 9.55 Å². The van der Waals surface area contributed by atoms with E-state index in [0.29, 0.717) is 36.0 Å². The van der Waals surface area contributed by atoms with Crippen molar-refractivity contribution in [1.29, 1.82) is 0 Å². The largest absolute Gasteiger partial charge is 0.497 e. The van der Waals surface area contributed by atoms with E-state index in [9.17, 15) is 9.59 Å². The minimum atomic E-state index is -0.457. The Morgan fingerprint density at radius 2 is 1.79 bits per heavy atom. The average Bonchev–Trinajstić information content (AvgIpc) is 2.74. The maximum atomic E-state index is 12.5. The van der Waals surface area contributed by atoms with Gasteiger partial charge in [-0.15, -0.1) is 0 Å². The topological polar surface area (TPSA) is 80.6 Å². The van der Waals surface area contributed by atoms with Crippen molar-refractivity contribution in [2.45, 2.75) is 19.5 Å². The Morgan fingerprint density at radius 1 is 1.07 bits per heavy atom. The Bertz CT molecular complexity index is 1090. The first-order valence-corrected chi connectivity index (χ1v) is 9.24. The van der Waals surface area contributed by atoms with Crippen LogP contribution in [0.25, 0.3) is 5.69 Å². The van der Waals surface area contributed by atoms with Crippen molar-refractivity contribution >= 4 is 5.82 Å². The van der Waals surface area contributed by atoms with Gasteiger partial charge in [0.25, 0.3) is 5.56 Å². The van der Waals surface area contributed by atoms with Crippen molar-refractivity contribution < 1.29 is 9.64 Å². The number of quaternary nitrogens is 1. The van der Waals surface area contributed by atoms with Crippen LogP contribution in [0.1, 0.15) is 24.1 Å². The van der Waals surface area contributed by atoms with Gasteiger partial charge >= 0.3 is 5.69 Å². The number of anilines is 1. The van der Waals surface area contributed by atoms with Crippen LogP contribution in [0.4, 0.5) is 5.82 Å². The first-order chi connectivity index (χ1) is 13.6. The maximum absolute atomic E-state index is 12.5. The molecule has 0 amide bonds. The van der Waals surface area contributed by atoms with Crippen molar-refractivity contribution in [2.75, 3.05) is 19.1 Å². The third kappa shape index (κ3) is 3.20. The highest BCUT2D eigenvalue weighted by Gasteiger charge is 2.29. The maximum Gasteiger partial charge on any atom is 0.334 e. The van der Waals surface area contributed by atoms with Crippen LogP contribution in [0.15, 0.2) is 64.2 Å². The minimum absolute atomic E-state index is 0.211. The molecule has 0 saturated heterocycles. The second-order valence-electron chi connectivity index (χ2n) is 6.94. The van der Waals surface area contributed by atoms with Crippen molar-refractivity contribution in [3.8, 4) is 11.4 Å². The molecule has 3 aromatic rings. The zero-order valence-corrected chi connectivity index (χ0v) is 15.9. The normalized spacial score (nSPS) is 16.7. The number of fused-ring (bicyclic) bond motifs is 1. The van der Waals surface area contributed by atoms with Gasteiger partial charge in [-0.2, -0.15) is 0 Å². The predicted octanol–water partition coefficient (Wildman–Crippen LogP) is 1.06. The number of hydrogen-bond acceptors (Lipinski definition) is 4. The van der Waals surface area contributed by atoms with Gasteiger partial charge in [-0.3, -0.25) is 9.78 Å². The molecule has 1 unspecified atom stereocenters. The summed E-state index contributed by atoms with van der Waals surface area (Å²) >= 11 is 0. The summed E-state index contributed by atoms with van der Waals surface area (Å²) in [5, 5.41) is 3.32. The van der Waals surface area contributed by atoms with Crippen LogP contribution in [-0.4, -0.2) is 23.3 Å². The summed E-state index contributed by atoms with van der Waals surface area (Å²) in [6, 6.07) is 17.6. The number of rotatable bonds is 4. The Kier molecular flexibility index (Phi) is 4.75. The fourth-order valence-electron chi connectivity index (χ4n) is 3.67. The number of nitrogens with one attached hydrogen (secondary N) is 3. The van der Waals surface area contributed by atoms with Crippen LogP contribution in [0.5, 0.6) is 5.75 Å². The third-order valence-electron chi connectivity index (χ3n) is 5.34. The number of hydrogen-bond donors (Lipinski definition) is 3. The minimum Gasteiger partial charge on any atom is -0.497 e. The second-order valence-corrected chi connectivity index (χ2v) is 6.94. The van der Waals surface area contributed by atoms with Crippen molar-refractivity contribution in [3.05, 3.63) is 86.6 Å². The molecule has 4 rings (SSSR count).